The third-order valence-electron chi connectivity index (χ3n) is 6.43. The van der Waals surface area contributed by atoms with Crippen LogP contribution in [0.5, 0.6) is 5.75 Å². The highest BCUT2D eigenvalue weighted by Crippen LogP contribution is 2.39. The summed E-state index contributed by atoms with van der Waals surface area (Å²) in [6, 6.07) is 11.2. The van der Waals surface area contributed by atoms with Crippen LogP contribution < -0.4 is 15.0 Å². The van der Waals surface area contributed by atoms with Gasteiger partial charge in [-0.15, -0.1) is 11.3 Å². The molecule has 2 N–H and O–H groups in total. The lowest BCUT2D eigenvalue weighted by atomic mass is 10.0. The predicted molar refractivity (Wildman–Crippen MR) is 154 cm³/mol. The van der Waals surface area contributed by atoms with Crippen LogP contribution in [0.1, 0.15) is 21.7 Å². The van der Waals surface area contributed by atoms with Gasteiger partial charge in [0.2, 0.25) is 10.0 Å². The molecule has 5 aromatic rings. The van der Waals surface area contributed by atoms with E-state index in [4.69, 9.17) is 16.3 Å². The highest BCUT2D eigenvalue weighted by atomic mass is 35.5. The van der Waals surface area contributed by atoms with E-state index in [1.54, 1.807) is 31.2 Å². The molecule has 0 atom stereocenters. The average Bonchev–Trinajstić information content (AvgIpc) is 3.39. The van der Waals surface area contributed by atoms with Gasteiger partial charge in [0.1, 0.15) is 29.1 Å². The fourth-order valence-corrected chi connectivity index (χ4v) is 6.54. The number of fused-ring (bicyclic) bond motifs is 2. The minimum absolute atomic E-state index is 0.000547. The van der Waals surface area contributed by atoms with Crippen molar-refractivity contribution < 1.29 is 23.1 Å². The Labute approximate surface area is 242 Å². The molecule has 0 bridgehead atoms. The summed E-state index contributed by atoms with van der Waals surface area (Å²) in [6.45, 7) is 1.61. The number of carboxylic acids is 1. The Kier molecular flexibility index (Phi) is 7.50. The number of carboxylic acid groups (broad SMARTS) is 1. The molecule has 0 amide bonds. The van der Waals surface area contributed by atoms with Gasteiger partial charge in [-0.2, -0.15) is 5.26 Å². The number of sulfonamides is 1. The Hall–Kier alpha value is -4.35. The van der Waals surface area contributed by atoms with Gasteiger partial charge in [0.25, 0.3) is 5.56 Å². The average molecular weight is 610 g/mol. The van der Waals surface area contributed by atoms with E-state index in [2.05, 4.69) is 14.7 Å². The molecule has 0 radical (unpaired) electrons. The standard InChI is InChI=1S/C27H20ClN5O6S2/c1-14-32-24-21(41(37,38)30-2)6-3-15(12-29)22(24)26(34)33(14)9-10-39-20-5-4-16(28)11-18(20)17-7-8-31-23-19(27(35)36)13-40-25(17)23/h3-8,11,13,30H,9-10H2,1-2H3,(H,35,36). The summed E-state index contributed by atoms with van der Waals surface area (Å²) in [6.07, 6.45) is 1.51. The number of carbonyl (C=O) groups is 1. The Bertz CT molecular complexity index is 2080. The maximum absolute atomic E-state index is 13.5. The number of nitrogens with zero attached hydrogens (tertiary/aromatic N) is 4. The summed E-state index contributed by atoms with van der Waals surface area (Å²) in [5.74, 6) is -0.407. The number of nitrogens with one attached hydrogen (secondary N) is 1. The third-order valence-corrected chi connectivity index (χ3v) is 9.12. The summed E-state index contributed by atoms with van der Waals surface area (Å²) in [5, 5.41) is 21.0. The molecule has 0 fully saturated rings. The molecule has 0 unspecified atom stereocenters. The van der Waals surface area contributed by atoms with Crippen molar-refractivity contribution in [3.63, 3.8) is 0 Å². The smallest absolute Gasteiger partial charge is 0.338 e. The Morgan fingerprint density at radius 1 is 1.22 bits per heavy atom. The van der Waals surface area contributed by atoms with Crippen molar-refractivity contribution in [2.24, 2.45) is 0 Å². The Morgan fingerprint density at radius 2 is 2.00 bits per heavy atom. The number of ether oxygens (including phenoxy) is 1. The molecule has 14 heteroatoms. The summed E-state index contributed by atoms with van der Waals surface area (Å²) >= 11 is 7.54. The molecular formula is C27H20ClN5O6S2. The minimum atomic E-state index is -3.94. The van der Waals surface area contributed by atoms with Crippen LogP contribution in [0.3, 0.4) is 0 Å². The Balaban J connectivity index is 1.52. The number of rotatable bonds is 8. The van der Waals surface area contributed by atoms with Crippen molar-refractivity contribution in [2.45, 2.75) is 18.4 Å². The highest BCUT2D eigenvalue weighted by molar-refractivity contribution is 7.89. The molecule has 5 rings (SSSR count). The van der Waals surface area contributed by atoms with Gasteiger partial charge in [0.15, 0.2) is 0 Å². The van der Waals surface area contributed by atoms with E-state index in [1.807, 2.05) is 6.07 Å². The van der Waals surface area contributed by atoms with Gasteiger partial charge in [-0.1, -0.05) is 11.6 Å². The van der Waals surface area contributed by atoms with E-state index in [-0.39, 0.29) is 45.9 Å². The van der Waals surface area contributed by atoms with Crippen LogP contribution in [0.4, 0.5) is 0 Å². The zero-order valence-electron chi connectivity index (χ0n) is 21.5. The molecule has 0 saturated heterocycles. The number of hydrogen-bond acceptors (Lipinski definition) is 9. The number of halogens is 1. The van der Waals surface area contributed by atoms with Crippen LogP contribution in [-0.4, -0.2) is 47.7 Å². The summed E-state index contributed by atoms with van der Waals surface area (Å²) in [7, 11) is -2.70. The first-order chi connectivity index (χ1) is 19.6. The lowest BCUT2D eigenvalue weighted by Crippen LogP contribution is -2.28. The first kappa shape index (κ1) is 28.2. The number of nitriles is 1. The van der Waals surface area contributed by atoms with Crippen LogP contribution in [0, 0.1) is 18.3 Å². The molecule has 0 saturated carbocycles. The zero-order chi connectivity index (χ0) is 29.5. The van der Waals surface area contributed by atoms with Crippen LogP contribution in [0.2, 0.25) is 5.02 Å². The number of aromatic carboxylic acids is 1. The topological polar surface area (TPSA) is 164 Å². The predicted octanol–water partition coefficient (Wildman–Crippen LogP) is 4.19. The van der Waals surface area contributed by atoms with Gasteiger partial charge in [-0.3, -0.25) is 14.3 Å². The number of benzene rings is 2. The molecule has 2 aromatic carbocycles. The lowest BCUT2D eigenvalue weighted by Gasteiger charge is -2.16. The quantitative estimate of drug-likeness (QED) is 0.262. The number of aromatic nitrogens is 3. The van der Waals surface area contributed by atoms with E-state index < -0.39 is 21.6 Å². The van der Waals surface area contributed by atoms with Crippen molar-refractivity contribution >= 4 is 60.0 Å². The van der Waals surface area contributed by atoms with E-state index >= 15 is 0 Å². The van der Waals surface area contributed by atoms with Gasteiger partial charge >= 0.3 is 5.97 Å². The van der Waals surface area contributed by atoms with Crippen molar-refractivity contribution in [2.75, 3.05) is 13.7 Å². The van der Waals surface area contributed by atoms with Crippen molar-refractivity contribution in [1.29, 1.82) is 5.26 Å². The second-order valence-corrected chi connectivity index (χ2v) is 11.9. The molecule has 3 heterocycles. The Morgan fingerprint density at radius 3 is 2.71 bits per heavy atom. The lowest BCUT2D eigenvalue weighted by molar-refractivity contribution is 0.0699. The van der Waals surface area contributed by atoms with Crippen molar-refractivity contribution in [3.8, 4) is 22.9 Å². The fraction of sp³-hybridized carbons (Fsp3) is 0.148. The van der Waals surface area contributed by atoms with Crippen molar-refractivity contribution in [1.82, 2.24) is 19.3 Å². The van der Waals surface area contributed by atoms with E-state index in [0.717, 1.165) is 0 Å². The largest absolute Gasteiger partial charge is 0.491 e. The maximum atomic E-state index is 13.5. The van der Waals surface area contributed by atoms with E-state index in [1.165, 1.54) is 46.7 Å². The number of hydrogen-bond donors (Lipinski definition) is 2. The summed E-state index contributed by atoms with van der Waals surface area (Å²) in [5.41, 5.74) is 1.08. The number of aryl methyl sites for hydroxylation is 1. The summed E-state index contributed by atoms with van der Waals surface area (Å²) in [4.78, 5) is 33.5. The zero-order valence-corrected chi connectivity index (χ0v) is 23.9. The van der Waals surface area contributed by atoms with Gasteiger partial charge in [-0.05, 0) is 50.4 Å². The molecular weight excluding hydrogens is 590 g/mol. The molecule has 0 aliphatic heterocycles. The first-order valence-electron chi connectivity index (χ1n) is 12.0. The van der Waals surface area contributed by atoms with E-state index in [9.17, 15) is 28.4 Å². The molecule has 41 heavy (non-hydrogen) atoms. The SMILES string of the molecule is CNS(=O)(=O)c1ccc(C#N)c2c(=O)n(CCOc3ccc(Cl)cc3-c3ccnc4c(C(=O)O)csc34)c(C)nc12. The van der Waals surface area contributed by atoms with Gasteiger partial charge in [0, 0.05) is 27.7 Å². The van der Waals surface area contributed by atoms with Crippen molar-refractivity contribution in [3.05, 3.63) is 80.3 Å². The molecule has 0 spiro atoms. The van der Waals surface area contributed by atoms with Gasteiger partial charge in [-0.25, -0.2) is 22.9 Å². The van der Waals surface area contributed by atoms with Gasteiger partial charge < -0.3 is 9.84 Å². The van der Waals surface area contributed by atoms with Crippen LogP contribution in [0.25, 0.3) is 32.2 Å². The fourth-order valence-electron chi connectivity index (χ4n) is 4.47. The molecule has 11 nitrogen and oxygen atoms in total. The second kappa shape index (κ2) is 10.9. The molecule has 208 valence electrons. The molecule has 3 aromatic heterocycles. The molecule has 0 aliphatic carbocycles. The number of thiophene rings is 1. The number of pyridine rings is 1. The summed E-state index contributed by atoms with van der Waals surface area (Å²) < 4.78 is 35.3. The normalized spacial score (nSPS) is 11.6. The van der Waals surface area contributed by atoms with Gasteiger partial charge in [0.05, 0.1) is 38.8 Å². The highest BCUT2D eigenvalue weighted by Gasteiger charge is 2.23. The molecule has 0 aliphatic rings. The van der Waals surface area contributed by atoms with Crippen LogP contribution in [0.15, 0.2) is 57.7 Å². The van der Waals surface area contributed by atoms with Crippen LogP contribution in [-0.2, 0) is 16.6 Å². The first-order valence-corrected chi connectivity index (χ1v) is 14.7. The van der Waals surface area contributed by atoms with Crippen LogP contribution >= 0.6 is 22.9 Å². The minimum Gasteiger partial charge on any atom is -0.491 e. The van der Waals surface area contributed by atoms with E-state index in [0.29, 0.717) is 32.1 Å². The monoisotopic (exact) mass is 609 g/mol. The third kappa shape index (κ3) is 5.02. The second-order valence-electron chi connectivity index (χ2n) is 8.75. The maximum Gasteiger partial charge on any atom is 0.338 e.